The number of benzene rings is 1. The standard InChI is InChI=1S/C17H16F3N3O3/c1-9-4-2-3-5-13(9)23-14(17(18,19)20)12(8-21-23)15(24)22-11-6-10(7-11)16(25)26/h2-5,8,10-11H,6-7H2,1H3,(H,22,24)(H,25,26). The number of nitrogens with zero attached hydrogens (tertiary/aromatic N) is 2. The topological polar surface area (TPSA) is 84.2 Å². The first kappa shape index (κ1) is 18.0. The molecule has 2 aromatic rings. The second-order valence-electron chi connectivity index (χ2n) is 6.28. The molecule has 0 bridgehead atoms. The van der Waals surface area contributed by atoms with E-state index in [2.05, 4.69) is 10.4 Å². The van der Waals surface area contributed by atoms with Crippen LogP contribution < -0.4 is 5.32 Å². The van der Waals surface area contributed by atoms with Crippen LogP contribution in [0.1, 0.15) is 34.5 Å². The molecular weight excluding hydrogens is 351 g/mol. The number of hydrogen-bond donors (Lipinski definition) is 2. The van der Waals surface area contributed by atoms with E-state index in [0.29, 0.717) is 10.2 Å². The summed E-state index contributed by atoms with van der Waals surface area (Å²) < 4.78 is 41.5. The summed E-state index contributed by atoms with van der Waals surface area (Å²) in [6.45, 7) is 1.65. The number of nitrogens with one attached hydrogen (secondary N) is 1. The minimum Gasteiger partial charge on any atom is -0.481 e. The summed E-state index contributed by atoms with van der Waals surface area (Å²) >= 11 is 0. The number of alkyl halides is 3. The Morgan fingerprint density at radius 1 is 1.27 bits per heavy atom. The molecule has 0 radical (unpaired) electrons. The summed E-state index contributed by atoms with van der Waals surface area (Å²) in [6, 6.07) is 5.97. The van der Waals surface area contributed by atoms with Crippen molar-refractivity contribution >= 4 is 11.9 Å². The number of carbonyl (C=O) groups excluding carboxylic acids is 1. The molecular formula is C17H16F3N3O3. The number of carboxylic acid groups (broad SMARTS) is 1. The Balaban J connectivity index is 1.90. The van der Waals surface area contributed by atoms with E-state index in [1.54, 1.807) is 25.1 Å². The quantitative estimate of drug-likeness (QED) is 0.870. The molecule has 1 aromatic carbocycles. The van der Waals surface area contributed by atoms with Crippen molar-refractivity contribution in [1.29, 1.82) is 0 Å². The Morgan fingerprint density at radius 3 is 2.50 bits per heavy atom. The van der Waals surface area contributed by atoms with Crippen LogP contribution in [0.3, 0.4) is 0 Å². The van der Waals surface area contributed by atoms with E-state index in [0.717, 1.165) is 6.20 Å². The van der Waals surface area contributed by atoms with Crippen LogP contribution >= 0.6 is 0 Å². The van der Waals surface area contributed by atoms with Gasteiger partial charge >= 0.3 is 12.1 Å². The van der Waals surface area contributed by atoms with Crippen LogP contribution in [0.5, 0.6) is 0 Å². The van der Waals surface area contributed by atoms with Crippen LogP contribution in [0.15, 0.2) is 30.5 Å². The minimum absolute atomic E-state index is 0.203. The SMILES string of the molecule is Cc1ccccc1-n1ncc(C(=O)NC2CC(C(=O)O)C2)c1C(F)(F)F. The molecule has 1 heterocycles. The number of carboxylic acids is 1. The number of rotatable bonds is 4. The number of halogens is 3. The Morgan fingerprint density at radius 2 is 1.92 bits per heavy atom. The first-order valence-electron chi connectivity index (χ1n) is 7.93. The fourth-order valence-corrected chi connectivity index (χ4v) is 2.97. The predicted octanol–water partition coefficient (Wildman–Crippen LogP) is 2.79. The molecule has 0 aliphatic heterocycles. The average molecular weight is 367 g/mol. The highest BCUT2D eigenvalue weighted by Crippen LogP contribution is 2.35. The summed E-state index contributed by atoms with van der Waals surface area (Å²) in [4.78, 5) is 23.1. The van der Waals surface area contributed by atoms with Gasteiger partial charge in [0.05, 0.1) is 23.4 Å². The van der Waals surface area contributed by atoms with Crippen LogP contribution in [0, 0.1) is 12.8 Å². The molecule has 6 nitrogen and oxygen atoms in total. The van der Waals surface area contributed by atoms with Crippen molar-refractivity contribution in [3.8, 4) is 5.69 Å². The maximum absolute atomic E-state index is 13.6. The lowest BCUT2D eigenvalue weighted by atomic mass is 9.80. The number of carbonyl (C=O) groups is 2. The minimum atomic E-state index is -4.78. The van der Waals surface area contributed by atoms with Gasteiger partial charge in [-0.15, -0.1) is 0 Å². The number of aliphatic carboxylic acids is 1. The van der Waals surface area contributed by atoms with Crippen molar-refractivity contribution in [1.82, 2.24) is 15.1 Å². The molecule has 1 aliphatic rings. The largest absolute Gasteiger partial charge is 0.481 e. The van der Waals surface area contributed by atoms with Crippen molar-refractivity contribution in [2.45, 2.75) is 32.0 Å². The molecule has 138 valence electrons. The molecule has 3 rings (SSSR count). The predicted molar refractivity (Wildman–Crippen MR) is 84.9 cm³/mol. The number of amides is 1. The van der Waals surface area contributed by atoms with Gasteiger partial charge < -0.3 is 10.4 Å². The molecule has 2 N–H and O–H groups in total. The van der Waals surface area contributed by atoms with Crippen LogP contribution in [0.2, 0.25) is 0 Å². The third kappa shape index (κ3) is 3.29. The molecule has 26 heavy (non-hydrogen) atoms. The molecule has 1 amide bonds. The van der Waals surface area contributed by atoms with E-state index >= 15 is 0 Å². The van der Waals surface area contributed by atoms with Gasteiger partial charge in [-0.05, 0) is 31.4 Å². The molecule has 0 saturated heterocycles. The van der Waals surface area contributed by atoms with Crippen LogP contribution in [0.4, 0.5) is 13.2 Å². The van der Waals surface area contributed by atoms with E-state index in [-0.39, 0.29) is 18.5 Å². The normalized spacial score (nSPS) is 19.7. The summed E-state index contributed by atoms with van der Waals surface area (Å²) in [5.41, 5.74) is -0.928. The fourth-order valence-electron chi connectivity index (χ4n) is 2.97. The number of hydrogen-bond acceptors (Lipinski definition) is 3. The van der Waals surface area contributed by atoms with Crippen LogP contribution in [-0.4, -0.2) is 32.8 Å². The van der Waals surface area contributed by atoms with Gasteiger partial charge in [-0.2, -0.15) is 18.3 Å². The fraction of sp³-hybridized carbons (Fsp3) is 0.353. The smallest absolute Gasteiger partial charge is 0.434 e. The van der Waals surface area contributed by atoms with Crippen molar-refractivity contribution in [3.05, 3.63) is 47.3 Å². The Kier molecular flexibility index (Phi) is 4.47. The van der Waals surface area contributed by atoms with Crippen molar-refractivity contribution < 1.29 is 27.9 Å². The lowest BCUT2D eigenvalue weighted by Crippen LogP contribution is -2.47. The van der Waals surface area contributed by atoms with Crippen LogP contribution in [0.25, 0.3) is 5.69 Å². The van der Waals surface area contributed by atoms with Gasteiger partial charge in [-0.25, -0.2) is 4.68 Å². The van der Waals surface area contributed by atoms with Gasteiger partial charge in [-0.1, -0.05) is 18.2 Å². The van der Waals surface area contributed by atoms with Crippen LogP contribution in [-0.2, 0) is 11.0 Å². The number of para-hydroxylation sites is 1. The molecule has 0 unspecified atom stereocenters. The summed E-state index contributed by atoms with van der Waals surface area (Å²) in [5.74, 6) is -2.46. The van der Waals surface area contributed by atoms with E-state index in [9.17, 15) is 22.8 Å². The maximum Gasteiger partial charge on any atom is 0.434 e. The Bertz CT molecular complexity index is 854. The highest BCUT2D eigenvalue weighted by atomic mass is 19.4. The average Bonchev–Trinajstić information content (AvgIpc) is 2.95. The molecule has 0 spiro atoms. The monoisotopic (exact) mass is 367 g/mol. The lowest BCUT2D eigenvalue weighted by Gasteiger charge is -2.32. The Hall–Kier alpha value is -2.84. The molecule has 9 heteroatoms. The molecule has 0 atom stereocenters. The summed E-state index contributed by atoms with van der Waals surface area (Å²) in [5, 5.41) is 15.1. The van der Waals surface area contributed by atoms with Gasteiger partial charge in [0.1, 0.15) is 0 Å². The zero-order valence-corrected chi connectivity index (χ0v) is 13.7. The maximum atomic E-state index is 13.6. The van der Waals surface area contributed by atoms with Gasteiger partial charge in [0.15, 0.2) is 5.69 Å². The second kappa shape index (κ2) is 6.47. The second-order valence-corrected chi connectivity index (χ2v) is 6.28. The molecule has 1 fully saturated rings. The van der Waals surface area contributed by atoms with Gasteiger partial charge in [0.2, 0.25) is 0 Å². The van der Waals surface area contributed by atoms with E-state index < -0.39 is 41.3 Å². The van der Waals surface area contributed by atoms with E-state index in [1.807, 2.05) is 0 Å². The molecule has 1 saturated carbocycles. The molecule has 1 aromatic heterocycles. The zero-order chi connectivity index (χ0) is 19.1. The van der Waals surface area contributed by atoms with Crippen molar-refractivity contribution in [3.63, 3.8) is 0 Å². The van der Waals surface area contributed by atoms with E-state index in [4.69, 9.17) is 5.11 Å². The first-order chi connectivity index (χ1) is 12.2. The summed E-state index contributed by atoms with van der Waals surface area (Å²) in [6.07, 6.45) is -3.49. The van der Waals surface area contributed by atoms with Gasteiger partial charge in [0, 0.05) is 6.04 Å². The van der Waals surface area contributed by atoms with Gasteiger partial charge in [0.25, 0.3) is 5.91 Å². The highest BCUT2D eigenvalue weighted by molar-refractivity contribution is 5.95. The third-order valence-corrected chi connectivity index (χ3v) is 4.45. The Labute approximate surface area is 146 Å². The number of aromatic nitrogens is 2. The third-order valence-electron chi connectivity index (χ3n) is 4.45. The highest BCUT2D eigenvalue weighted by Gasteiger charge is 2.42. The lowest BCUT2D eigenvalue weighted by molar-refractivity contribution is -0.145. The van der Waals surface area contributed by atoms with E-state index in [1.165, 1.54) is 6.07 Å². The molecule has 1 aliphatic carbocycles. The van der Waals surface area contributed by atoms with Gasteiger partial charge in [-0.3, -0.25) is 9.59 Å². The van der Waals surface area contributed by atoms with Crippen molar-refractivity contribution in [2.24, 2.45) is 5.92 Å². The zero-order valence-electron chi connectivity index (χ0n) is 13.7. The summed E-state index contributed by atoms with van der Waals surface area (Å²) in [7, 11) is 0. The first-order valence-corrected chi connectivity index (χ1v) is 7.93. The number of aryl methyl sites for hydroxylation is 1. The van der Waals surface area contributed by atoms with Crippen molar-refractivity contribution in [2.75, 3.05) is 0 Å².